The lowest BCUT2D eigenvalue weighted by atomic mass is 10.0. The van der Waals surface area contributed by atoms with Gasteiger partial charge < -0.3 is 10.0 Å². The highest BCUT2D eigenvalue weighted by Crippen LogP contribution is 2.35. The molecule has 0 aliphatic heterocycles. The molecule has 0 aliphatic rings. The third kappa shape index (κ3) is 2.12. The summed E-state index contributed by atoms with van der Waals surface area (Å²) in [6, 6.07) is 8.26. The summed E-state index contributed by atoms with van der Waals surface area (Å²) in [5.41, 5.74) is 0.589. The molecule has 0 spiro atoms. The van der Waals surface area contributed by atoms with Crippen molar-refractivity contribution >= 4 is 16.5 Å². The van der Waals surface area contributed by atoms with E-state index in [-0.39, 0.29) is 11.4 Å². The summed E-state index contributed by atoms with van der Waals surface area (Å²) in [4.78, 5) is 12.5. The van der Waals surface area contributed by atoms with E-state index in [4.69, 9.17) is 0 Å². The lowest BCUT2D eigenvalue weighted by molar-refractivity contribution is -0.383. The Morgan fingerprint density at radius 1 is 1.28 bits per heavy atom. The van der Waals surface area contributed by atoms with Crippen LogP contribution in [0.25, 0.3) is 10.8 Å². The van der Waals surface area contributed by atoms with Crippen LogP contribution in [0.15, 0.2) is 30.3 Å². The fourth-order valence-electron chi connectivity index (χ4n) is 2.01. The Kier molecular flexibility index (Phi) is 3.16. The third-order valence-electron chi connectivity index (χ3n) is 2.76. The van der Waals surface area contributed by atoms with Crippen molar-refractivity contribution in [3.63, 3.8) is 0 Å². The minimum atomic E-state index is -0.416. The fraction of sp³-hybridized carbons (Fsp3) is 0.231. The zero-order valence-electron chi connectivity index (χ0n) is 10.3. The molecule has 0 saturated carbocycles. The number of non-ortho nitro benzene ring substituents is 1. The van der Waals surface area contributed by atoms with Gasteiger partial charge in [0.05, 0.1) is 10.3 Å². The number of fused-ring (bicyclic) bond motifs is 1. The van der Waals surface area contributed by atoms with Gasteiger partial charge in [-0.15, -0.1) is 0 Å². The summed E-state index contributed by atoms with van der Waals surface area (Å²) >= 11 is 0. The maximum absolute atomic E-state index is 11.1. The smallest absolute Gasteiger partial charge is 0.277 e. The molecular formula is C13H14N2O3. The average molecular weight is 246 g/mol. The van der Waals surface area contributed by atoms with E-state index in [0.717, 1.165) is 0 Å². The summed E-state index contributed by atoms with van der Waals surface area (Å²) in [5.74, 6) is 0.116. The average Bonchev–Trinajstić information content (AvgIpc) is 2.32. The number of hydrogen-bond acceptors (Lipinski definition) is 4. The Morgan fingerprint density at radius 2 is 1.89 bits per heavy atom. The minimum absolute atomic E-state index is 0.0280. The van der Waals surface area contributed by atoms with E-state index < -0.39 is 4.92 Å². The second-order valence-electron chi connectivity index (χ2n) is 4.44. The number of nitrogens with zero attached hydrogens (tertiary/aromatic N) is 2. The highest BCUT2D eigenvalue weighted by atomic mass is 16.6. The van der Waals surface area contributed by atoms with E-state index in [1.165, 1.54) is 6.07 Å². The predicted octanol–water partition coefficient (Wildman–Crippen LogP) is 2.52. The molecule has 0 heterocycles. The van der Waals surface area contributed by atoms with Crippen molar-refractivity contribution in [2.24, 2.45) is 0 Å². The van der Waals surface area contributed by atoms with Crippen LogP contribution >= 0.6 is 0 Å². The first-order valence-corrected chi connectivity index (χ1v) is 5.53. The van der Waals surface area contributed by atoms with E-state index in [0.29, 0.717) is 22.9 Å². The normalized spacial score (nSPS) is 11.1. The van der Waals surface area contributed by atoms with Gasteiger partial charge >= 0.3 is 0 Å². The number of phenolic OH excluding ortho intramolecular Hbond substituents is 1. The van der Waals surface area contributed by atoms with Crippen LogP contribution in [-0.4, -0.2) is 29.0 Å². The number of nitro groups is 1. The van der Waals surface area contributed by atoms with E-state index >= 15 is 0 Å². The molecule has 0 unspecified atom stereocenters. The second-order valence-corrected chi connectivity index (χ2v) is 4.44. The van der Waals surface area contributed by atoms with Crippen molar-refractivity contribution in [1.82, 2.24) is 4.90 Å². The van der Waals surface area contributed by atoms with Crippen LogP contribution in [0.3, 0.4) is 0 Å². The maximum atomic E-state index is 11.1. The molecule has 18 heavy (non-hydrogen) atoms. The van der Waals surface area contributed by atoms with Crippen LogP contribution in [-0.2, 0) is 6.54 Å². The monoisotopic (exact) mass is 246 g/mol. The lowest BCUT2D eigenvalue weighted by Gasteiger charge is -2.13. The summed E-state index contributed by atoms with van der Waals surface area (Å²) in [7, 11) is 3.70. The van der Waals surface area contributed by atoms with E-state index in [2.05, 4.69) is 0 Å². The Hall–Kier alpha value is -2.14. The first-order valence-electron chi connectivity index (χ1n) is 5.53. The highest BCUT2D eigenvalue weighted by Gasteiger charge is 2.18. The molecule has 0 saturated heterocycles. The lowest BCUT2D eigenvalue weighted by Crippen LogP contribution is -2.11. The van der Waals surface area contributed by atoms with Crippen LogP contribution in [0.2, 0.25) is 0 Å². The number of hydrogen-bond donors (Lipinski definition) is 1. The Morgan fingerprint density at radius 3 is 2.44 bits per heavy atom. The molecule has 0 radical (unpaired) electrons. The third-order valence-corrected chi connectivity index (χ3v) is 2.76. The van der Waals surface area contributed by atoms with E-state index in [1.807, 2.05) is 19.0 Å². The Labute approximate surface area is 104 Å². The first-order chi connectivity index (χ1) is 8.50. The van der Waals surface area contributed by atoms with E-state index in [1.54, 1.807) is 24.3 Å². The quantitative estimate of drug-likeness (QED) is 0.667. The van der Waals surface area contributed by atoms with Crippen molar-refractivity contribution in [1.29, 1.82) is 0 Å². The first kappa shape index (κ1) is 12.3. The minimum Gasteiger partial charge on any atom is -0.507 e. The SMILES string of the molecule is CN(C)Cc1cc([N+](=O)[O-])c2ccccc2c1O. The van der Waals surface area contributed by atoms with Gasteiger partial charge in [0.15, 0.2) is 0 Å². The largest absolute Gasteiger partial charge is 0.507 e. The molecule has 0 aromatic heterocycles. The number of aromatic hydroxyl groups is 1. The molecular weight excluding hydrogens is 232 g/mol. The zero-order valence-corrected chi connectivity index (χ0v) is 10.3. The van der Waals surface area contributed by atoms with Gasteiger partial charge in [-0.2, -0.15) is 0 Å². The van der Waals surface area contributed by atoms with Gasteiger partial charge in [0, 0.05) is 23.6 Å². The fourth-order valence-corrected chi connectivity index (χ4v) is 2.01. The van der Waals surface area contributed by atoms with Crippen molar-refractivity contribution in [3.8, 4) is 5.75 Å². The van der Waals surface area contributed by atoms with Crippen LogP contribution in [0, 0.1) is 10.1 Å². The molecule has 2 rings (SSSR count). The summed E-state index contributed by atoms with van der Waals surface area (Å²) in [5, 5.41) is 22.2. The number of nitro benzene ring substituents is 1. The summed E-state index contributed by atoms with van der Waals surface area (Å²) in [6.07, 6.45) is 0. The molecule has 5 nitrogen and oxygen atoms in total. The molecule has 0 aliphatic carbocycles. The van der Waals surface area contributed by atoms with Crippen molar-refractivity contribution in [2.75, 3.05) is 14.1 Å². The maximum Gasteiger partial charge on any atom is 0.277 e. The molecule has 0 fully saturated rings. The molecule has 0 bridgehead atoms. The standard InChI is InChI=1S/C13H14N2O3/c1-14(2)8-9-7-12(15(17)18)10-5-3-4-6-11(10)13(9)16/h3-7,16H,8H2,1-2H3. The van der Waals surface area contributed by atoms with E-state index in [9.17, 15) is 15.2 Å². The molecule has 0 amide bonds. The van der Waals surface area contributed by atoms with Crippen LogP contribution in [0.5, 0.6) is 5.75 Å². The topological polar surface area (TPSA) is 66.6 Å². The van der Waals surface area contributed by atoms with Gasteiger partial charge in [-0.25, -0.2) is 0 Å². The number of benzene rings is 2. The van der Waals surface area contributed by atoms with Gasteiger partial charge in [-0.3, -0.25) is 10.1 Å². The summed E-state index contributed by atoms with van der Waals surface area (Å²) in [6.45, 7) is 0.456. The van der Waals surface area contributed by atoms with Crippen molar-refractivity contribution in [3.05, 3.63) is 46.0 Å². The zero-order chi connectivity index (χ0) is 13.3. The molecule has 1 N–H and O–H groups in total. The molecule has 0 atom stereocenters. The van der Waals surface area contributed by atoms with Crippen LogP contribution in [0.1, 0.15) is 5.56 Å². The van der Waals surface area contributed by atoms with Gasteiger partial charge in [-0.1, -0.05) is 18.2 Å². The van der Waals surface area contributed by atoms with Crippen molar-refractivity contribution in [2.45, 2.75) is 6.54 Å². The van der Waals surface area contributed by atoms with Gasteiger partial charge in [0.2, 0.25) is 0 Å². The number of rotatable bonds is 3. The Balaban J connectivity index is 2.74. The summed E-state index contributed by atoms with van der Waals surface area (Å²) < 4.78 is 0. The second kappa shape index (κ2) is 4.62. The molecule has 94 valence electrons. The Bertz CT molecular complexity index is 608. The molecule has 2 aromatic rings. The molecule has 2 aromatic carbocycles. The van der Waals surface area contributed by atoms with Gasteiger partial charge in [0.1, 0.15) is 5.75 Å². The highest BCUT2D eigenvalue weighted by molar-refractivity contribution is 5.96. The predicted molar refractivity (Wildman–Crippen MR) is 69.7 cm³/mol. The van der Waals surface area contributed by atoms with Gasteiger partial charge in [-0.05, 0) is 20.2 Å². The number of phenols is 1. The molecule has 5 heteroatoms. The van der Waals surface area contributed by atoms with Crippen molar-refractivity contribution < 1.29 is 10.0 Å². The van der Waals surface area contributed by atoms with Crippen LogP contribution < -0.4 is 0 Å². The van der Waals surface area contributed by atoms with Gasteiger partial charge in [0.25, 0.3) is 5.69 Å². The van der Waals surface area contributed by atoms with Crippen LogP contribution in [0.4, 0.5) is 5.69 Å².